The highest BCUT2D eigenvalue weighted by Gasteiger charge is 2.52. The first kappa shape index (κ1) is 28.2. The quantitative estimate of drug-likeness (QED) is 0.386. The summed E-state index contributed by atoms with van der Waals surface area (Å²) in [5, 5.41) is 12.0. The number of benzene rings is 3. The molecule has 1 fully saturated rings. The van der Waals surface area contributed by atoms with Crippen molar-refractivity contribution in [1.29, 1.82) is 0 Å². The Kier molecular flexibility index (Phi) is 8.03. The fourth-order valence-corrected chi connectivity index (χ4v) is 5.49. The van der Waals surface area contributed by atoms with Crippen LogP contribution in [-0.2, 0) is 25.7 Å². The molecule has 3 unspecified atom stereocenters. The smallest absolute Gasteiger partial charge is 0.407 e. The first-order chi connectivity index (χ1) is 19.6. The molecule has 2 aliphatic rings. The Labute approximate surface area is 235 Å². The number of nitrogens with one attached hydrogen (secondary N) is 1. The number of carbonyl (C=O) groups is 3. The first-order valence-corrected chi connectivity index (χ1v) is 13.3. The van der Waals surface area contributed by atoms with E-state index in [9.17, 15) is 28.3 Å². The van der Waals surface area contributed by atoms with Gasteiger partial charge in [0.2, 0.25) is 5.91 Å². The molecule has 10 heteroatoms. The van der Waals surface area contributed by atoms with Crippen LogP contribution in [0.4, 0.5) is 13.6 Å². The lowest BCUT2D eigenvalue weighted by atomic mass is 9.98. The van der Waals surface area contributed by atoms with E-state index in [0.29, 0.717) is 4.90 Å². The van der Waals surface area contributed by atoms with Crippen molar-refractivity contribution in [2.75, 3.05) is 13.2 Å². The van der Waals surface area contributed by atoms with Gasteiger partial charge < -0.3 is 24.8 Å². The second kappa shape index (κ2) is 11.7. The van der Waals surface area contributed by atoms with Gasteiger partial charge >= 0.3 is 12.1 Å². The zero-order valence-electron chi connectivity index (χ0n) is 22.3. The van der Waals surface area contributed by atoms with Crippen molar-refractivity contribution in [2.45, 2.75) is 50.0 Å². The van der Waals surface area contributed by atoms with Crippen molar-refractivity contribution in [2.24, 2.45) is 0 Å². The summed E-state index contributed by atoms with van der Waals surface area (Å²) in [5.74, 6) is -6.14. The number of carbonyl (C=O) groups excluding carboxylic acids is 2. The lowest BCUT2D eigenvalue weighted by molar-refractivity contribution is -0.150. The largest absolute Gasteiger partial charge is 0.480 e. The molecule has 0 spiro atoms. The molecule has 1 aliphatic carbocycles. The maximum Gasteiger partial charge on any atom is 0.407 e. The number of halogens is 2. The molecule has 8 nitrogen and oxygen atoms in total. The molecule has 1 saturated heterocycles. The number of aliphatic carboxylic acids is 1. The minimum absolute atomic E-state index is 0.0282. The molecule has 3 atom stereocenters. The summed E-state index contributed by atoms with van der Waals surface area (Å²) in [6.45, 7) is 0.493. The number of ether oxygens (including phenoxy) is 2. The van der Waals surface area contributed by atoms with Crippen LogP contribution in [0.15, 0.2) is 78.9 Å². The van der Waals surface area contributed by atoms with Crippen LogP contribution in [0.1, 0.15) is 36.0 Å². The summed E-state index contributed by atoms with van der Waals surface area (Å²) < 4.78 is 39.8. The number of carboxylic acids is 1. The minimum Gasteiger partial charge on any atom is -0.480 e. The Morgan fingerprint density at radius 3 is 2.17 bits per heavy atom. The lowest BCUT2D eigenvalue weighted by Gasteiger charge is -2.30. The van der Waals surface area contributed by atoms with E-state index in [1.54, 1.807) is 0 Å². The molecule has 41 heavy (non-hydrogen) atoms. The molecule has 3 aromatic rings. The van der Waals surface area contributed by atoms with Crippen LogP contribution in [-0.4, -0.2) is 65.2 Å². The minimum atomic E-state index is -3.37. The van der Waals surface area contributed by atoms with E-state index >= 15 is 0 Å². The van der Waals surface area contributed by atoms with Crippen molar-refractivity contribution in [1.82, 2.24) is 10.2 Å². The van der Waals surface area contributed by atoms with Gasteiger partial charge in [0.05, 0.1) is 19.3 Å². The number of hydrogen-bond acceptors (Lipinski definition) is 5. The summed E-state index contributed by atoms with van der Waals surface area (Å²) in [6, 6.07) is 21.5. The second-order valence-corrected chi connectivity index (χ2v) is 10.3. The highest BCUT2D eigenvalue weighted by Crippen LogP contribution is 2.44. The predicted octanol–water partition coefficient (Wildman–Crippen LogP) is 4.82. The van der Waals surface area contributed by atoms with Crippen LogP contribution in [0, 0.1) is 0 Å². The number of likely N-dealkylation sites (tertiary alicyclic amines) is 1. The Bertz CT molecular complexity index is 1390. The van der Waals surface area contributed by atoms with Crippen LogP contribution in [0.2, 0.25) is 0 Å². The van der Waals surface area contributed by atoms with E-state index in [2.05, 4.69) is 5.32 Å². The molecule has 2 N–H and O–H groups in total. The fourth-order valence-electron chi connectivity index (χ4n) is 5.49. The van der Waals surface area contributed by atoms with Gasteiger partial charge in [-0.3, -0.25) is 4.79 Å². The van der Waals surface area contributed by atoms with Gasteiger partial charge in [-0.1, -0.05) is 78.9 Å². The zero-order valence-corrected chi connectivity index (χ0v) is 22.3. The highest BCUT2D eigenvalue weighted by molar-refractivity contribution is 5.90. The molecular formula is C31H30F2N2O6. The van der Waals surface area contributed by atoms with Crippen molar-refractivity contribution in [3.05, 3.63) is 95.6 Å². The number of alkyl halides is 2. The Morgan fingerprint density at radius 2 is 1.56 bits per heavy atom. The molecule has 0 saturated carbocycles. The fraction of sp³-hybridized carbons (Fsp3) is 0.323. The third kappa shape index (κ3) is 6.07. The van der Waals surface area contributed by atoms with Crippen molar-refractivity contribution >= 4 is 18.0 Å². The maximum atomic E-state index is 14.2. The van der Waals surface area contributed by atoms with Gasteiger partial charge in [-0.15, -0.1) is 0 Å². The van der Waals surface area contributed by atoms with Crippen LogP contribution in [0.25, 0.3) is 11.1 Å². The Balaban J connectivity index is 1.32. The molecule has 0 bridgehead atoms. The van der Waals surface area contributed by atoms with Gasteiger partial charge in [0, 0.05) is 12.3 Å². The van der Waals surface area contributed by atoms with Gasteiger partial charge in [-0.05, 0) is 34.7 Å². The SMILES string of the molecule is CC(OCc1ccccc1)C(NC(=O)OCC1c2ccccc2-c2ccccc21)C(=O)N1CC(F)(F)CC1C(=O)O. The summed E-state index contributed by atoms with van der Waals surface area (Å²) in [5.41, 5.74) is 4.88. The monoisotopic (exact) mass is 564 g/mol. The van der Waals surface area contributed by atoms with Crippen molar-refractivity contribution in [3.8, 4) is 11.1 Å². The standard InChI is InChI=1S/C31H30F2N2O6/c1-19(40-16-20-9-3-2-4-10-20)27(28(36)35-18-31(32,33)15-26(35)29(37)38)34-30(39)41-17-25-23-13-7-5-11-21(23)22-12-6-8-14-24(22)25/h2-14,19,25-27H,15-18H2,1H3,(H,34,39)(H,37,38). The molecule has 2 amide bonds. The normalized spacial score (nSPS) is 18.7. The topological polar surface area (TPSA) is 105 Å². The number of fused-ring (bicyclic) bond motifs is 3. The van der Waals surface area contributed by atoms with Crippen LogP contribution < -0.4 is 5.32 Å². The first-order valence-electron chi connectivity index (χ1n) is 13.3. The van der Waals surface area contributed by atoms with Crippen molar-refractivity contribution in [3.63, 3.8) is 0 Å². The van der Waals surface area contributed by atoms with E-state index in [1.807, 2.05) is 78.9 Å². The lowest BCUT2D eigenvalue weighted by Crippen LogP contribution is -2.56. The molecule has 0 radical (unpaired) electrons. The van der Waals surface area contributed by atoms with Crippen molar-refractivity contribution < 1.29 is 37.7 Å². The van der Waals surface area contributed by atoms with E-state index < -0.39 is 55.0 Å². The van der Waals surface area contributed by atoms with Gasteiger partial charge in [0.1, 0.15) is 18.7 Å². The second-order valence-electron chi connectivity index (χ2n) is 10.3. The van der Waals surface area contributed by atoms with E-state index in [0.717, 1.165) is 27.8 Å². The average Bonchev–Trinajstić information content (AvgIpc) is 3.47. The van der Waals surface area contributed by atoms with Gasteiger partial charge in [-0.25, -0.2) is 18.4 Å². The summed E-state index contributed by atoms with van der Waals surface area (Å²) in [7, 11) is 0. The summed E-state index contributed by atoms with van der Waals surface area (Å²) in [4.78, 5) is 38.9. The molecule has 3 aromatic carbocycles. The predicted molar refractivity (Wildman–Crippen MR) is 145 cm³/mol. The average molecular weight is 565 g/mol. The Morgan fingerprint density at radius 1 is 0.976 bits per heavy atom. The van der Waals surface area contributed by atoms with Crippen LogP contribution in [0.3, 0.4) is 0 Å². The molecular weight excluding hydrogens is 534 g/mol. The molecule has 0 aromatic heterocycles. The highest BCUT2D eigenvalue weighted by atomic mass is 19.3. The van der Waals surface area contributed by atoms with Gasteiger partial charge in [-0.2, -0.15) is 0 Å². The maximum absolute atomic E-state index is 14.2. The number of nitrogens with zero attached hydrogens (tertiary/aromatic N) is 1. The molecule has 1 aliphatic heterocycles. The van der Waals surface area contributed by atoms with E-state index in [1.165, 1.54) is 6.92 Å². The Hall–Kier alpha value is -4.31. The van der Waals surface area contributed by atoms with E-state index in [-0.39, 0.29) is 19.1 Å². The van der Waals surface area contributed by atoms with E-state index in [4.69, 9.17) is 9.47 Å². The van der Waals surface area contributed by atoms with Gasteiger partial charge in [0.15, 0.2) is 0 Å². The summed E-state index contributed by atoms with van der Waals surface area (Å²) in [6.07, 6.45) is -2.95. The number of alkyl carbamates (subject to hydrolysis) is 1. The third-order valence-electron chi connectivity index (χ3n) is 7.55. The number of hydrogen-bond donors (Lipinski definition) is 2. The number of carboxylic acid groups (broad SMARTS) is 1. The molecule has 5 rings (SSSR count). The zero-order chi connectivity index (χ0) is 29.1. The molecule has 214 valence electrons. The third-order valence-corrected chi connectivity index (χ3v) is 7.55. The number of rotatable bonds is 9. The summed E-state index contributed by atoms with van der Waals surface area (Å²) >= 11 is 0. The van der Waals surface area contributed by atoms with Crippen LogP contribution >= 0.6 is 0 Å². The van der Waals surface area contributed by atoms with Crippen LogP contribution in [0.5, 0.6) is 0 Å². The molecule has 1 heterocycles. The number of amides is 2. The van der Waals surface area contributed by atoms with Gasteiger partial charge in [0.25, 0.3) is 5.92 Å².